The summed E-state index contributed by atoms with van der Waals surface area (Å²) in [6.45, 7) is 0. The Morgan fingerprint density at radius 2 is 1.89 bits per heavy atom. The van der Waals surface area contributed by atoms with Crippen LogP contribution in [0.5, 0.6) is 0 Å². The molecule has 0 bridgehead atoms. The second kappa shape index (κ2) is 5.19. The first-order chi connectivity index (χ1) is 9.33. The molecule has 0 aliphatic heterocycles. The van der Waals surface area contributed by atoms with Gasteiger partial charge < -0.3 is 0 Å². The molecule has 94 valence electrons. The minimum atomic E-state index is -0.256. The summed E-state index contributed by atoms with van der Waals surface area (Å²) < 4.78 is 0. The zero-order chi connectivity index (χ0) is 13.1. The van der Waals surface area contributed by atoms with Crippen LogP contribution in [0.15, 0.2) is 52.7 Å². The van der Waals surface area contributed by atoms with Crippen molar-refractivity contribution in [2.45, 2.75) is 10.9 Å². The Kier molecular flexibility index (Phi) is 3.24. The van der Waals surface area contributed by atoms with Gasteiger partial charge in [0.2, 0.25) is 0 Å². The van der Waals surface area contributed by atoms with Crippen molar-refractivity contribution in [3.63, 3.8) is 0 Å². The van der Waals surface area contributed by atoms with Gasteiger partial charge in [0, 0.05) is 18.1 Å². The van der Waals surface area contributed by atoms with Crippen LogP contribution < -0.4 is 5.56 Å². The Labute approximate surface area is 113 Å². The fourth-order valence-corrected chi connectivity index (χ4v) is 2.46. The van der Waals surface area contributed by atoms with Crippen molar-refractivity contribution < 1.29 is 0 Å². The van der Waals surface area contributed by atoms with Crippen molar-refractivity contribution in [3.8, 4) is 0 Å². The first kappa shape index (κ1) is 11.9. The van der Waals surface area contributed by atoms with E-state index in [1.807, 2.05) is 30.3 Å². The molecule has 6 heteroatoms. The predicted molar refractivity (Wildman–Crippen MR) is 74.0 cm³/mol. The number of benzene rings is 1. The molecule has 0 aliphatic carbocycles. The lowest BCUT2D eigenvalue weighted by Gasteiger charge is -2.02. The van der Waals surface area contributed by atoms with E-state index >= 15 is 0 Å². The number of rotatable bonds is 3. The number of thioether (sulfide) groups is 1. The van der Waals surface area contributed by atoms with Crippen LogP contribution in [0.4, 0.5) is 0 Å². The van der Waals surface area contributed by atoms with Gasteiger partial charge in [0.15, 0.2) is 16.3 Å². The number of hydrogen-bond donors (Lipinski definition) is 1. The van der Waals surface area contributed by atoms with Gasteiger partial charge in [0.25, 0.3) is 5.56 Å². The van der Waals surface area contributed by atoms with Gasteiger partial charge in [-0.05, 0) is 5.56 Å². The maximum absolute atomic E-state index is 11.8. The van der Waals surface area contributed by atoms with E-state index in [1.165, 1.54) is 29.7 Å². The van der Waals surface area contributed by atoms with Crippen molar-refractivity contribution in [1.29, 1.82) is 0 Å². The molecule has 5 nitrogen and oxygen atoms in total. The summed E-state index contributed by atoms with van der Waals surface area (Å²) >= 11 is 1.47. The Balaban J connectivity index is 1.88. The number of hydrogen-bond acceptors (Lipinski definition) is 5. The van der Waals surface area contributed by atoms with E-state index in [0.29, 0.717) is 10.8 Å². The summed E-state index contributed by atoms with van der Waals surface area (Å²) in [5.74, 6) is 0.746. The second-order valence-corrected chi connectivity index (χ2v) is 4.84. The molecule has 19 heavy (non-hydrogen) atoms. The van der Waals surface area contributed by atoms with E-state index in [0.717, 1.165) is 5.75 Å². The maximum atomic E-state index is 11.8. The molecule has 2 heterocycles. The fraction of sp³-hybridized carbons (Fsp3) is 0.0769. The van der Waals surface area contributed by atoms with E-state index < -0.39 is 0 Å². The predicted octanol–water partition coefficient (Wildman–Crippen LogP) is 2.01. The highest BCUT2D eigenvalue weighted by Crippen LogP contribution is 2.18. The van der Waals surface area contributed by atoms with Gasteiger partial charge in [-0.3, -0.25) is 9.78 Å². The highest BCUT2D eigenvalue weighted by molar-refractivity contribution is 7.98. The molecule has 0 amide bonds. The average Bonchev–Trinajstić information content (AvgIpc) is 2.46. The van der Waals surface area contributed by atoms with Gasteiger partial charge in [0.05, 0.1) is 0 Å². The number of nitrogens with one attached hydrogen (secondary N) is 1. The minimum absolute atomic E-state index is 0.256. The third kappa shape index (κ3) is 2.63. The number of H-pyrrole nitrogens is 1. The molecule has 0 aliphatic rings. The monoisotopic (exact) mass is 270 g/mol. The first-order valence-corrected chi connectivity index (χ1v) is 6.69. The van der Waals surface area contributed by atoms with Gasteiger partial charge in [-0.2, -0.15) is 0 Å². The summed E-state index contributed by atoms with van der Waals surface area (Å²) in [6.07, 6.45) is 3.01. The highest BCUT2D eigenvalue weighted by atomic mass is 32.2. The molecule has 0 saturated heterocycles. The third-order valence-corrected chi connectivity index (χ3v) is 3.48. The SMILES string of the molecule is O=c1[nH]c(SCc2ccccc2)nc2nccnc12. The number of aromatic nitrogens is 4. The molecule has 0 atom stereocenters. The normalized spacial score (nSPS) is 10.7. The fourth-order valence-electron chi connectivity index (χ4n) is 1.65. The highest BCUT2D eigenvalue weighted by Gasteiger charge is 2.05. The molecule has 0 saturated carbocycles. The van der Waals surface area contributed by atoms with Gasteiger partial charge in [-0.25, -0.2) is 15.0 Å². The van der Waals surface area contributed by atoms with Crippen molar-refractivity contribution >= 4 is 22.9 Å². The van der Waals surface area contributed by atoms with Crippen LogP contribution in [0.25, 0.3) is 11.2 Å². The summed E-state index contributed by atoms with van der Waals surface area (Å²) in [5, 5.41) is 0.557. The molecule has 3 aromatic rings. The second-order valence-electron chi connectivity index (χ2n) is 3.87. The Bertz CT molecular complexity index is 757. The number of nitrogens with zero attached hydrogens (tertiary/aromatic N) is 3. The Morgan fingerprint density at radius 3 is 2.74 bits per heavy atom. The van der Waals surface area contributed by atoms with E-state index in [1.54, 1.807) is 0 Å². The maximum Gasteiger partial charge on any atom is 0.279 e. The summed E-state index contributed by atoms with van der Waals surface area (Å²) in [5.41, 5.74) is 1.57. The molecule has 0 fully saturated rings. The van der Waals surface area contributed by atoms with Crippen molar-refractivity contribution in [2.24, 2.45) is 0 Å². The zero-order valence-electron chi connectivity index (χ0n) is 9.91. The molecule has 2 aromatic heterocycles. The average molecular weight is 270 g/mol. The summed E-state index contributed by atoms with van der Waals surface area (Å²) in [7, 11) is 0. The van der Waals surface area contributed by atoms with Crippen LogP contribution in [0.1, 0.15) is 5.56 Å². The molecular weight excluding hydrogens is 260 g/mol. The topological polar surface area (TPSA) is 71.5 Å². The van der Waals surface area contributed by atoms with E-state index in [4.69, 9.17) is 0 Å². The van der Waals surface area contributed by atoms with Gasteiger partial charge in [-0.15, -0.1) is 0 Å². The first-order valence-electron chi connectivity index (χ1n) is 5.71. The molecule has 3 rings (SSSR count). The molecular formula is C13H10N4OS. The van der Waals surface area contributed by atoms with Crippen LogP contribution in [0, 0.1) is 0 Å². The lowest BCUT2D eigenvalue weighted by Crippen LogP contribution is -2.11. The zero-order valence-corrected chi connectivity index (χ0v) is 10.7. The molecule has 0 spiro atoms. The molecule has 0 unspecified atom stereocenters. The van der Waals surface area contributed by atoms with Crippen LogP contribution in [0.3, 0.4) is 0 Å². The lowest BCUT2D eigenvalue weighted by molar-refractivity contribution is 0.950. The summed E-state index contributed by atoms with van der Waals surface area (Å²) in [6, 6.07) is 10.0. The molecule has 1 aromatic carbocycles. The van der Waals surface area contributed by atoms with Crippen LogP contribution in [-0.2, 0) is 5.75 Å². The standard InChI is InChI=1S/C13H10N4OS/c18-12-10-11(15-7-6-14-10)16-13(17-12)19-8-9-4-2-1-3-5-9/h1-7H,8H2,(H,15,16,17,18). The van der Waals surface area contributed by atoms with Crippen molar-refractivity contribution in [1.82, 2.24) is 19.9 Å². The van der Waals surface area contributed by atoms with E-state index in [2.05, 4.69) is 19.9 Å². The third-order valence-electron chi connectivity index (χ3n) is 2.54. The van der Waals surface area contributed by atoms with E-state index in [-0.39, 0.29) is 11.1 Å². The molecule has 1 N–H and O–H groups in total. The number of fused-ring (bicyclic) bond motifs is 1. The van der Waals surface area contributed by atoms with Crippen molar-refractivity contribution in [3.05, 3.63) is 58.6 Å². The van der Waals surface area contributed by atoms with Crippen molar-refractivity contribution in [2.75, 3.05) is 0 Å². The summed E-state index contributed by atoms with van der Waals surface area (Å²) in [4.78, 5) is 26.8. The Morgan fingerprint density at radius 1 is 1.11 bits per heavy atom. The van der Waals surface area contributed by atoms with E-state index in [9.17, 15) is 4.79 Å². The molecule has 0 radical (unpaired) electrons. The lowest BCUT2D eigenvalue weighted by atomic mass is 10.2. The van der Waals surface area contributed by atoms with Crippen LogP contribution in [0.2, 0.25) is 0 Å². The number of aromatic amines is 1. The van der Waals surface area contributed by atoms with Gasteiger partial charge in [-0.1, -0.05) is 42.1 Å². The van der Waals surface area contributed by atoms with Crippen LogP contribution in [-0.4, -0.2) is 19.9 Å². The smallest absolute Gasteiger partial charge is 0.279 e. The van der Waals surface area contributed by atoms with Gasteiger partial charge in [0.1, 0.15) is 0 Å². The quantitative estimate of drug-likeness (QED) is 0.582. The largest absolute Gasteiger partial charge is 0.299 e. The van der Waals surface area contributed by atoms with Gasteiger partial charge >= 0.3 is 0 Å². The Hall–Kier alpha value is -2.21. The van der Waals surface area contributed by atoms with Crippen LogP contribution >= 0.6 is 11.8 Å². The minimum Gasteiger partial charge on any atom is -0.299 e.